The van der Waals surface area contributed by atoms with Gasteiger partial charge in [-0.25, -0.2) is 0 Å². The highest BCUT2D eigenvalue weighted by atomic mass is 16.5. The van der Waals surface area contributed by atoms with E-state index in [0.29, 0.717) is 6.61 Å². The Morgan fingerprint density at radius 1 is 1.30 bits per heavy atom. The molecule has 0 saturated carbocycles. The zero-order chi connectivity index (χ0) is 7.70. The van der Waals surface area contributed by atoms with E-state index in [0.717, 1.165) is 0 Å². The van der Waals surface area contributed by atoms with Crippen molar-refractivity contribution in [2.24, 2.45) is 0 Å². The summed E-state index contributed by atoms with van der Waals surface area (Å²) in [5, 5.41) is 0. The Kier molecular flexibility index (Phi) is 25.6. The van der Waals surface area contributed by atoms with Gasteiger partial charge in [0.1, 0.15) is 0 Å². The molecule has 0 heterocycles. The molecule has 0 aliphatic rings. The van der Waals surface area contributed by atoms with E-state index in [2.05, 4.69) is 18.6 Å². The zero-order valence-electron chi connectivity index (χ0n) is 6.73. The van der Waals surface area contributed by atoms with E-state index in [-0.39, 0.29) is 13.4 Å². The van der Waals surface area contributed by atoms with Crippen LogP contribution >= 0.6 is 0 Å². The van der Waals surface area contributed by atoms with Gasteiger partial charge in [0, 0.05) is 6.92 Å². The van der Waals surface area contributed by atoms with Gasteiger partial charge in [-0.05, 0) is 6.92 Å². The van der Waals surface area contributed by atoms with Crippen LogP contribution in [0.5, 0.6) is 0 Å². The zero-order valence-corrected chi connectivity index (χ0v) is 6.73. The molecule has 0 rings (SSSR count). The molecule has 0 aliphatic carbocycles. The first-order valence-corrected chi connectivity index (χ1v) is 3.32. The third-order valence-corrected chi connectivity index (χ3v) is 0.348. The normalized spacial score (nSPS) is 6.40. The van der Waals surface area contributed by atoms with Crippen LogP contribution in [0.2, 0.25) is 0 Å². The number of hydrogen-bond donors (Lipinski definition) is 0. The minimum absolute atomic E-state index is 0. The lowest BCUT2D eigenvalue weighted by Crippen LogP contribution is -1.95. The molecule has 0 unspecified atom stereocenters. The first-order chi connectivity index (χ1) is 4.18. The van der Waals surface area contributed by atoms with Crippen molar-refractivity contribution in [3.05, 3.63) is 0 Å². The fourth-order valence-electron chi connectivity index (χ4n) is 0.203. The third kappa shape index (κ3) is 51.3. The number of ether oxygens (including phenoxy) is 1. The van der Waals surface area contributed by atoms with E-state index in [1.807, 2.05) is 0 Å². The van der Waals surface area contributed by atoms with Crippen molar-refractivity contribution in [1.82, 2.24) is 0 Å². The molecular weight excluding hydrogens is 128 g/mol. The first-order valence-electron chi connectivity index (χ1n) is 3.32. The molecule has 0 bridgehead atoms. The number of esters is 1. The predicted molar refractivity (Wildman–Crippen MR) is 45.0 cm³/mol. The summed E-state index contributed by atoms with van der Waals surface area (Å²) in [5.41, 5.74) is 0. The summed E-state index contributed by atoms with van der Waals surface area (Å²) >= 11 is 0. The maximum absolute atomic E-state index is 9.82. The monoisotopic (exact) mass is 148 g/mol. The molecule has 0 aromatic heterocycles. The van der Waals surface area contributed by atoms with E-state index in [4.69, 9.17) is 0 Å². The van der Waals surface area contributed by atoms with Gasteiger partial charge in [0.15, 0.2) is 0 Å². The van der Waals surface area contributed by atoms with Gasteiger partial charge in [-0.1, -0.05) is 27.7 Å². The molecule has 0 saturated heterocycles. The molecule has 0 aromatic carbocycles. The second-order valence-corrected chi connectivity index (χ2v) is 1.63. The number of carbonyl (C=O) groups excluding carboxylic acids is 1. The average Bonchev–Trinajstić information content (AvgIpc) is 1.67. The van der Waals surface area contributed by atoms with Gasteiger partial charge in [-0.15, -0.1) is 0 Å². The minimum Gasteiger partial charge on any atom is -0.466 e. The van der Waals surface area contributed by atoms with Crippen molar-refractivity contribution in [3.63, 3.8) is 0 Å². The van der Waals surface area contributed by atoms with Crippen LogP contribution in [0, 0.1) is 0 Å². The molecule has 0 aromatic rings. The molecule has 0 radical (unpaired) electrons. The highest BCUT2D eigenvalue weighted by Crippen LogP contribution is 1.69. The second-order valence-electron chi connectivity index (χ2n) is 1.63. The van der Waals surface area contributed by atoms with Crippen molar-refractivity contribution in [3.8, 4) is 0 Å². The van der Waals surface area contributed by atoms with Crippen molar-refractivity contribution in [1.29, 1.82) is 0 Å². The van der Waals surface area contributed by atoms with Gasteiger partial charge in [0.05, 0.1) is 6.61 Å². The summed E-state index contributed by atoms with van der Waals surface area (Å²) in [4.78, 5) is 9.82. The Balaban J connectivity index is -0.000000107. The number of rotatable bonds is 1. The van der Waals surface area contributed by atoms with Crippen LogP contribution in [-0.4, -0.2) is 12.6 Å². The van der Waals surface area contributed by atoms with E-state index in [1.54, 1.807) is 6.92 Å². The lowest BCUT2D eigenvalue weighted by molar-refractivity contribution is -0.140. The number of hydrogen-bond acceptors (Lipinski definition) is 2. The summed E-state index contributed by atoms with van der Waals surface area (Å²) < 4.78 is 4.40. The lowest BCUT2D eigenvalue weighted by atomic mass is 10.6. The molecule has 64 valence electrons. The van der Waals surface area contributed by atoms with Gasteiger partial charge < -0.3 is 4.74 Å². The SMILES string of the molecule is C.CCC.CCOC(C)=O. The Hall–Kier alpha value is -0.530. The molecule has 10 heavy (non-hydrogen) atoms. The van der Waals surface area contributed by atoms with Crippen LogP contribution < -0.4 is 0 Å². The summed E-state index contributed by atoms with van der Waals surface area (Å²) in [7, 11) is 0. The van der Waals surface area contributed by atoms with Gasteiger partial charge in [0.2, 0.25) is 0 Å². The largest absolute Gasteiger partial charge is 0.466 e. The Bertz CT molecular complexity index is 60.3. The lowest BCUT2D eigenvalue weighted by Gasteiger charge is -1.89. The fourth-order valence-corrected chi connectivity index (χ4v) is 0.203. The topological polar surface area (TPSA) is 26.3 Å². The molecule has 0 fully saturated rings. The highest BCUT2D eigenvalue weighted by molar-refractivity contribution is 5.65. The van der Waals surface area contributed by atoms with Crippen LogP contribution in [0.1, 0.15) is 41.5 Å². The Morgan fingerprint density at radius 2 is 1.60 bits per heavy atom. The van der Waals surface area contributed by atoms with Gasteiger partial charge in [-0.3, -0.25) is 4.79 Å². The van der Waals surface area contributed by atoms with E-state index in [9.17, 15) is 4.79 Å². The molecule has 0 aliphatic heterocycles. The summed E-state index contributed by atoms with van der Waals surface area (Å²) in [6.45, 7) is 7.90. The molecule has 0 amide bonds. The molecule has 0 spiro atoms. The molecule has 0 N–H and O–H groups in total. The average molecular weight is 148 g/mol. The Labute approximate surface area is 64.6 Å². The van der Waals surface area contributed by atoms with Crippen LogP contribution in [0.4, 0.5) is 0 Å². The summed E-state index contributed by atoms with van der Waals surface area (Å²) in [5.74, 6) is -0.211. The van der Waals surface area contributed by atoms with Gasteiger partial charge >= 0.3 is 5.97 Å². The van der Waals surface area contributed by atoms with Crippen molar-refractivity contribution < 1.29 is 9.53 Å². The number of carbonyl (C=O) groups is 1. The maximum Gasteiger partial charge on any atom is 0.302 e. The molecule has 2 heteroatoms. The fraction of sp³-hybridized carbons (Fsp3) is 0.875. The summed E-state index contributed by atoms with van der Waals surface area (Å²) in [6.07, 6.45) is 1.25. The quantitative estimate of drug-likeness (QED) is 0.534. The van der Waals surface area contributed by atoms with Crippen LogP contribution in [0.25, 0.3) is 0 Å². The van der Waals surface area contributed by atoms with E-state index >= 15 is 0 Å². The predicted octanol–water partition coefficient (Wildman–Crippen LogP) is 2.62. The first kappa shape index (κ1) is 16.2. The van der Waals surface area contributed by atoms with Gasteiger partial charge in [-0.2, -0.15) is 0 Å². The van der Waals surface area contributed by atoms with Crippen LogP contribution in [-0.2, 0) is 9.53 Å². The van der Waals surface area contributed by atoms with E-state index < -0.39 is 0 Å². The standard InChI is InChI=1S/C4H8O2.C3H8.CH4/c1-3-6-4(2)5;1-3-2;/h3H2,1-2H3;3H2,1-2H3;1H4. The maximum atomic E-state index is 9.82. The van der Waals surface area contributed by atoms with Crippen molar-refractivity contribution in [2.75, 3.05) is 6.61 Å². The van der Waals surface area contributed by atoms with Crippen molar-refractivity contribution in [2.45, 2.75) is 41.5 Å². The molecular formula is C8H20O2. The van der Waals surface area contributed by atoms with Gasteiger partial charge in [0.25, 0.3) is 0 Å². The minimum atomic E-state index is -0.211. The highest BCUT2D eigenvalue weighted by Gasteiger charge is 1.81. The smallest absolute Gasteiger partial charge is 0.302 e. The third-order valence-electron chi connectivity index (χ3n) is 0.348. The summed E-state index contributed by atoms with van der Waals surface area (Å²) in [6, 6.07) is 0. The van der Waals surface area contributed by atoms with Crippen LogP contribution in [0.3, 0.4) is 0 Å². The van der Waals surface area contributed by atoms with Crippen LogP contribution in [0.15, 0.2) is 0 Å². The molecule has 2 nitrogen and oxygen atoms in total. The second kappa shape index (κ2) is 15.8. The van der Waals surface area contributed by atoms with Crippen molar-refractivity contribution >= 4 is 5.97 Å². The molecule has 0 atom stereocenters. The van der Waals surface area contributed by atoms with E-state index in [1.165, 1.54) is 13.3 Å². The Morgan fingerprint density at radius 3 is 1.60 bits per heavy atom.